The SMILES string of the molecule is CCOc1ccc(CC(Cl)C(=O)C(C)(C)C)cc1OC. The number of halogens is 1. The minimum Gasteiger partial charge on any atom is -0.493 e. The van der Waals surface area contributed by atoms with Crippen molar-refractivity contribution in [3.05, 3.63) is 23.8 Å². The van der Waals surface area contributed by atoms with E-state index in [2.05, 4.69) is 0 Å². The summed E-state index contributed by atoms with van der Waals surface area (Å²) >= 11 is 6.23. The highest BCUT2D eigenvalue weighted by atomic mass is 35.5. The molecular formula is C16H23ClO3. The summed E-state index contributed by atoms with van der Waals surface area (Å²) in [5, 5.41) is -0.530. The third kappa shape index (κ3) is 4.41. The number of ketones is 1. The summed E-state index contributed by atoms with van der Waals surface area (Å²) < 4.78 is 10.8. The lowest BCUT2D eigenvalue weighted by molar-refractivity contribution is -0.125. The van der Waals surface area contributed by atoms with Crippen LogP contribution >= 0.6 is 11.6 Å². The monoisotopic (exact) mass is 298 g/mol. The first-order valence-electron chi connectivity index (χ1n) is 6.77. The van der Waals surface area contributed by atoms with Gasteiger partial charge in [-0.3, -0.25) is 4.79 Å². The lowest BCUT2D eigenvalue weighted by atomic mass is 9.87. The van der Waals surface area contributed by atoms with Gasteiger partial charge in [0, 0.05) is 5.41 Å². The fourth-order valence-corrected chi connectivity index (χ4v) is 2.39. The maximum atomic E-state index is 12.1. The van der Waals surface area contributed by atoms with Crippen molar-refractivity contribution in [3.63, 3.8) is 0 Å². The molecule has 1 atom stereocenters. The van der Waals surface area contributed by atoms with Crippen LogP contribution in [0.1, 0.15) is 33.3 Å². The third-order valence-corrected chi connectivity index (χ3v) is 3.32. The quantitative estimate of drug-likeness (QED) is 0.748. The Hall–Kier alpha value is -1.22. The Morgan fingerprint density at radius 2 is 1.95 bits per heavy atom. The topological polar surface area (TPSA) is 35.5 Å². The van der Waals surface area contributed by atoms with Gasteiger partial charge in [0.1, 0.15) is 0 Å². The molecule has 0 aliphatic rings. The standard InChI is InChI=1S/C16H23ClO3/c1-6-20-13-8-7-11(10-14(13)19-5)9-12(17)15(18)16(2,3)4/h7-8,10,12H,6,9H2,1-5H3. The van der Waals surface area contributed by atoms with Crippen LogP contribution in [-0.4, -0.2) is 24.9 Å². The van der Waals surface area contributed by atoms with E-state index >= 15 is 0 Å². The van der Waals surface area contributed by atoms with Crippen LogP contribution in [0.3, 0.4) is 0 Å². The molecule has 1 rings (SSSR count). The van der Waals surface area contributed by atoms with Gasteiger partial charge in [-0.2, -0.15) is 0 Å². The van der Waals surface area contributed by atoms with E-state index in [-0.39, 0.29) is 5.78 Å². The van der Waals surface area contributed by atoms with Crippen LogP contribution in [0.15, 0.2) is 18.2 Å². The van der Waals surface area contributed by atoms with E-state index in [1.54, 1.807) is 7.11 Å². The second-order valence-corrected chi connectivity index (χ2v) is 6.23. The largest absolute Gasteiger partial charge is 0.493 e. The first kappa shape index (κ1) is 16.8. The molecule has 0 amide bonds. The average molecular weight is 299 g/mol. The number of rotatable bonds is 6. The highest BCUT2D eigenvalue weighted by Crippen LogP contribution is 2.30. The fourth-order valence-electron chi connectivity index (χ4n) is 1.88. The summed E-state index contributed by atoms with van der Waals surface area (Å²) in [5.41, 5.74) is 0.532. The number of benzene rings is 1. The van der Waals surface area contributed by atoms with E-state index < -0.39 is 10.8 Å². The van der Waals surface area contributed by atoms with E-state index in [0.717, 1.165) is 5.56 Å². The summed E-state index contributed by atoms with van der Waals surface area (Å²) in [6.07, 6.45) is 0.487. The Balaban J connectivity index is 2.86. The van der Waals surface area contributed by atoms with E-state index in [9.17, 15) is 4.79 Å². The maximum Gasteiger partial charge on any atom is 0.161 e. The first-order chi connectivity index (χ1) is 9.29. The van der Waals surface area contributed by atoms with Crippen LogP contribution in [0.2, 0.25) is 0 Å². The molecule has 0 aliphatic heterocycles. The minimum atomic E-state index is -0.530. The number of hydrogen-bond donors (Lipinski definition) is 0. The summed E-state index contributed by atoms with van der Waals surface area (Å²) in [4.78, 5) is 12.1. The zero-order chi connectivity index (χ0) is 15.3. The normalized spacial score (nSPS) is 12.9. The van der Waals surface area contributed by atoms with Crippen LogP contribution in [0, 0.1) is 5.41 Å². The van der Waals surface area contributed by atoms with E-state index in [1.165, 1.54) is 0 Å². The van der Waals surface area contributed by atoms with Crippen molar-refractivity contribution in [2.75, 3.05) is 13.7 Å². The molecule has 0 aliphatic carbocycles. The van der Waals surface area contributed by atoms with Crippen molar-refractivity contribution in [1.29, 1.82) is 0 Å². The van der Waals surface area contributed by atoms with Gasteiger partial charge >= 0.3 is 0 Å². The summed E-state index contributed by atoms with van der Waals surface area (Å²) in [7, 11) is 1.60. The summed E-state index contributed by atoms with van der Waals surface area (Å²) in [6.45, 7) is 8.14. The molecule has 0 aromatic heterocycles. The molecule has 4 heteroatoms. The first-order valence-corrected chi connectivity index (χ1v) is 7.21. The lowest BCUT2D eigenvalue weighted by Crippen LogP contribution is -2.30. The predicted molar refractivity (Wildman–Crippen MR) is 82.0 cm³/mol. The molecule has 0 N–H and O–H groups in total. The van der Waals surface area contributed by atoms with E-state index in [1.807, 2.05) is 45.9 Å². The van der Waals surface area contributed by atoms with Crippen LogP contribution in [0.4, 0.5) is 0 Å². The van der Waals surface area contributed by atoms with Crippen molar-refractivity contribution in [2.24, 2.45) is 5.41 Å². The Bertz CT molecular complexity index is 463. The van der Waals surface area contributed by atoms with Crippen molar-refractivity contribution >= 4 is 17.4 Å². The number of alkyl halides is 1. The third-order valence-electron chi connectivity index (χ3n) is 2.97. The minimum absolute atomic E-state index is 0.0482. The Kier molecular flexibility index (Phi) is 5.88. The number of methoxy groups -OCH3 is 1. The Morgan fingerprint density at radius 3 is 2.45 bits per heavy atom. The van der Waals surface area contributed by atoms with E-state index in [0.29, 0.717) is 24.5 Å². The molecule has 3 nitrogen and oxygen atoms in total. The molecule has 112 valence electrons. The Morgan fingerprint density at radius 1 is 1.30 bits per heavy atom. The van der Waals surface area contributed by atoms with Gasteiger partial charge in [-0.15, -0.1) is 11.6 Å². The number of Topliss-reactive ketones (excluding diaryl/α,β-unsaturated/α-hetero) is 1. The number of carbonyl (C=O) groups is 1. The molecule has 1 aromatic rings. The van der Waals surface area contributed by atoms with Gasteiger partial charge in [0.15, 0.2) is 17.3 Å². The molecule has 0 bridgehead atoms. The van der Waals surface area contributed by atoms with Gasteiger partial charge in [0.2, 0.25) is 0 Å². The van der Waals surface area contributed by atoms with Crippen molar-refractivity contribution in [3.8, 4) is 11.5 Å². The molecule has 0 saturated heterocycles. The second kappa shape index (κ2) is 6.98. The van der Waals surface area contributed by atoms with Gasteiger partial charge in [0.05, 0.1) is 19.1 Å². The zero-order valence-corrected chi connectivity index (χ0v) is 13.6. The van der Waals surface area contributed by atoms with Crippen molar-refractivity contribution < 1.29 is 14.3 Å². The van der Waals surface area contributed by atoms with Gasteiger partial charge in [0.25, 0.3) is 0 Å². The van der Waals surface area contributed by atoms with Crippen LogP contribution in [0.25, 0.3) is 0 Å². The van der Waals surface area contributed by atoms with E-state index in [4.69, 9.17) is 21.1 Å². The summed E-state index contributed by atoms with van der Waals surface area (Å²) in [6, 6.07) is 5.64. The molecule has 0 saturated carbocycles. The molecule has 0 heterocycles. The zero-order valence-electron chi connectivity index (χ0n) is 12.8. The van der Waals surface area contributed by atoms with Gasteiger partial charge in [-0.25, -0.2) is 0 Å². The molecule has 20 heavy (non-hydrogen) atoms. The average Bonchev–Trinajstić information content (AvgIpc) is 2.38. The lowest BCUT2D eigenvalue weighted by Gasteiger charge is -2.20. The molecular weight excluding hydrogens is 276 g/mol. The van der Waals surface area contributed by atoms with Crippen LogP contribution < -0.4 is 9.47 Å². The van der Waals surface area contributed by atoms with Crippen molar-refractivity contribution in [1.82, 2.24) is 0 Å². The van der Waals surface area contributed by atoms with Crippen LogP contribution in [0.5, 0.6) is 11.5 Å². The molecule has 1 unspecified atom stereocenters. The van der Waals surface area contributed by atoms with Gasteiger partial charge in [-0.05, 0) is 31.0 Å². The number of carbonyl (C=O) groups excluding carboxylic acids is 1. The fraction of sp³-hybridized carbons (Fsp3) is 0.562. The Labute approximate surface area is 126 Å². The van der Waals surface area contributed by atoms with Gasteiger partial charge in [-0.1, -0.05) is 26.8 Å². The van der Waals surface area contributed by atoms with Crippen LogP contribution in [-0.2, 0) is 11.2 Å². The molecule has 1 aromatic carbocycles. The second-order valence-electron chi connectivity index (χ2n) is 5.70. The maximum absolute atomic E-state index is 12.1. The predicted octanol–water partition coefficient (Wildman–Crippen LogP) is 3.86. The van der Waals surface area contributed by atoms with Crippen molar-refractivity contribution in [2.45, 2.75) is 39.5 Å². The number of hydrogen-bond acceptors (Lipinski definition) is 3. The summed E-state index contributed by atoms with van der Waals surface area (Å²) in [5.74, 6) is 1.41. The molecule has 0 radical (unpaired) electrons. The highest BCUT2D eigenvalue weighted by Gasteiger charge is 2.28. The van der Waals surface area contributed by atoms with Gasteiger partial charge < -0.3 is 9.47 Å². The molecule has 0 spiro atoms. The number of ether oxygens (including phenoxy) is 2. The highest BCUT2D eigenvalue weighted by molar-refractivity contribution is 6.31. The molecule has 0 fully saturated rings. The smallest absolute Gasteiger partial charge is 0.161 e.